The highest BCUT2D eigenvalue weighted by molar-refractivity contribution is 5.83. The Balaban J connectivity index is 1.83. The van der Waals surface area contributed by atoms with Crippen LogP contribution in [-0.2, 0) is 13.6 Å². The van der Waals surface area contributed by atoms with E-state index in [0.29, 0.717) is 17.7 Å². The third kappa shape index (κ3) is 2.15. The van der Waals surface area contributed by atoms with Crippen molar-refractivity contribution < 1.29 is 0 Å². The average Bonchev–Trinajstić information content (AvgIpc) is 2.97. The highest BCUT2D eigenvalue weighted by atomic mass is 16.1. The molecule has 2 aromatic carbocycles. The number of nitrogens with two attached hydrogens (primary N) is 1. The van der Waals surface area contributed by atoms with Gasteiger partial charge in [0.25, 0.3) is 0 Å². The van der Waals surface area contributed by atoms with E-state index in [1.165, 1.54) is 10.8 Å². The van der Waals surface area contributed by atoms with E-state index < -0.39 is 0 Å². The van der Waals surface area contributed by atoms with Crippen LogP contribution in [0.4, 0.5) is 5.95 Å². The summed E-state index contributed by atoms with van der Waals surface area (Å²) in [7, 11) is 1.75. The van der Waals surface area contributed by atoms with Gasteiger partial charge in [-0.15, -0.1) is 0 Å². The molecule has 0 bridgehead atoms. The molecule has 4 rings (SSSR count). The van der Waals surface area contributed by atoms with Crippen molar-refractivity contribution in [2.45, 2.75) is 6.54 Å². The lowest BCUT2D eigenvalue weighted by Crippen LogP contribution is -2.18. The quantitative estimate of drug-likeness (QED) is 0.613. The van der Waals surface area contributed by atoms with Gasteiger partial charge in [0, 0.05) is 13.6 Å². The Morgan fingerprint density at radius 3 is 2.74 bits per heavy atom. The number of hydrogen-bond donors (Lipinski definition) is 1. The van der Waals surface area contributed by atoms with Crippen molar-refractivity contribution in [3.63, 3.8) is 0 Å². The molecule has 2 N–H and O–H groups in total. The summed E-state index contributed by atoms with van der Waals surface area (Å²) >= 11 is 0. The van der Waals surface area contributed by atoms with E-state index in [1.54, 1.807) is 17.9 Å². The van der Waals surface area contributed by atoms with Crippen LogP contribution in [0.5, 0.6) is 0 Å². The molecule has 0 amide bonds. The van der Waals surface area contributed by atoms with Gasteiger partial charge in [0.2, 0.25) is 5.95 Å². The van der Waals surface area contributed by atoms with Gasteiger partial charge >= 0.3 is 5.56 Å². The second-order valence-electron chi connectivity index (χ2n) is 5.56. The lowest BCUT2D eigenvalue weighted by molar-refractivity contribution is 0.819. The number of hydrogen-bond acceptors (Lipinski definition) is 4. The van der Waals surface area contributed by atoms with Crippen LogP contribution in [0, 0.1) is 0 Å². The molecule has 0 aliphatic carbocycles. The predicted octanol–water partition coefficient (Wildman–Crippen LogP) is 1.91. The summed E-state index contributed by atoms with van der Waals surface area (Å²) in [6.07, 6.45) is 1.66. The molecule has 6 heteroatoms. The Labute approximate surface area is 131 Å². The maximum Gasteiger partial charge on any atom is 0.300 e. The summed E-state index contributed by atoms with van der Waals surface area (Å²) < 4.78 is 3.43. The molecule has 0 spiro atoms. The summed E-state index contributed by atoms with van der Waals surface area (Å²) in [6.45, 7) is 0.558. The number of anilines is 1. The molecular formula is C17H15N5O. The molecule has 0 saturated carbocycles. The van der Waals surface area contributed by atoms with E-state index >= 15 is 0 Å². The van der Waals surface area contributed by atoms with Crippen molar-refractivity contribution in [2.24, 2.45) is 7.05 Å². The van der Waals surface area contributed by atoms with Gasteiger partial charge < -0.3 is 10.3 Å². The summed E-state index contributed by atoms with van der Waals surface area (Å²) in [6, 6.07) is 14.4. The normalized spacial score (nSPS) is 11.3. The maximum absolute atomic E-state index is 12.2. The Bertz CT molecular complexity index is 1090. The number of benzene rings is 2. The van der Waals surface area contributed by atoms with Crippen molar-refractivity contribution in [1.82, 2.24) is 19.1 Å². The van der Waals surface area contributed by atoms with Gasteiger partial charge in [-0.1, -0.05) is 36.4 Å². The molecule has 0 aliphatic heterocycles. The lowest BCUT2D eigenvalue weighted by atomic mass is 10.1. The molecule has 23 heavy (non-hydrogen) atoms. The van der Waals surface area contributed by atoms with Crippen molar-refractivity contribution in [3.05, 3.63) is 64.7 Å². The van der Waals surface area contributed by atoms with Crippen LogP contribution in [0.2, 0.25) is 0 Å². The third-order valence-electron chi connectivity index (χ3n) is 4.07. The van der Waals surface area contributed by atoms with E-state index in [2.05, 4.69) is 40.3 Å². The summed E-state index contributed by atoms with van der Waals surface area (Å²) in [4.78, 5) is 20.3. The van der Waals surface area contributed by atoms with Gasteiger partial charge in [-0.3, -0.25) is 9.36 Å². The van der Waals surface area contributed by atoms with Gasteiger partial charge in [-0.05, 0) is 22.4 Å². The maximum atomic E-state index is 12.2. The van der Waals surface area contributed by atoms with Crippen molar-refractivity contribution in [2.75, 3.05) is 5.73 Å². The van der Waals surface area contributed by atoms with Crippen molar-refractivity contribution >= 4 is 27.9 Å². The van der Waals surface area contributed by atoms with Crippen LogP contribution in [0.15, 0.2) is 53.6 Å². The minimum absolute atomic E-state index is 0.165. The smallest absolute Gasteiger partial charge is 0.300 e. The minimum atomic E-state index is -0.353. The Kier molecular flexibility index (Phi) is 2.90. The fraction of sp³-hybridized carbons (Fsp3) is 0.118. The zero-order chi connectivity index (χ0) is 16.0. The van der Waals surface area contributed by atoms with Crippen molar-refractivity contribution in [1.29, 1.82) is 0 Å². The highest BCUT2D eigenvalue weighted by Crippen LogP contribution is 2.18. The molecular weight excluding hydrogens is 290 g/mol. The molecule has 0 fully saturated rings. The number of aryl methyl sites for hydroxylation is 1. The lowest BCUT2D eigenvalue weighted by Gasteiger charge is -2.07. The summed E-state index contributed by atoms with van der Waals surface area (Å²) in [5, 5.41) is 2.36. The minimum Gasteiger partial charge on any atom is -0.369 e. The van der Waals surface area contributed by atoms with Crippen LogP contribution in [0.25, 0.3) is 21.9 Å². The Morgan fingerprint density at radius 2 is 1.91 bits per heavy atom. The summed E-state index contributed by atoms with van der Waals surface area (Å²) in [5.74, 6) is 0.165. The first-order chi connectivity index (χ1) is 11.1. The molecule has 2 aromatic heterocycles. The zero-order valence-corrected chi connectivity index (χ0v) is 12.6. The van der Waals surface area contributed by atoms with Crippen LogP contribution >= 0.6 is 0 Å². The molecule has 114 valence electrons. The molecule has 0 atom stereocenters. The van der Waals surface area contributed by atoms with E-state index in [4.69, 9.17) is 5.73 Å². The predicted molar refractivity (Wildman–Crippen MR) is 90.2 cm³/mol. The first kappa shape index (κ1) is 13.5. The fourth-order valence-electron chi connectivity index (χ4n) is 2.83. The van der Waals surface area contributed by atoms with Gasteiger partial charge in [-0.2, -0.15) is 4.98 Å². The van der Waals surface area contributed by atoms with E-state index in [0.717, 1.165) is 5.56 Å². The zero-order valence-electron chi connectivity index (χ0n) is 12.6. The topological polar surface area (TPSA) is 78.7 Å². The number of imidazole rings is 1. The molecule has 2 heterocycles. The standard InChI is InChI=1S/C17H15N5O/c1-21-15-14(16(23)20-17(21)18)22(10-19-15)9-11-6-7-12-4-2-3-5-13(12)8-11/h2-8,10H,9H2,1H3,(H2,18,20,23). The third-order valence-corrected chi connectivity index (χ3v) is 4.07. The van der Waals surface area contributed by atoms with Crippen LogP contribution in [0.3, 0.4) is 0 Å². The Hall–Kier alpha value is -3.15. The molecule has 0 unspecified atom stereocenters. The second kappa shape index (κ2) is 4.95. The van der Waals surface area contributed by atoms with E-state index in [-0.39, 0.29) is 11.5 Å². The molecule has 6 nitrogen and oxygen atoms in total. The SMILES string of the molecule is Cn1c(N)nc(=O)c2c1ncn2Cc1ccc2ccccc2c1. The highest BCUT2D eigenvalue weighted by Gasteiger charge is 2.12. The number of nitrogen functional groups attached to an aromatic ring is 1. The number of rotatable bonds is 2. The number of fused-ring (bicyclic) bond motifs is 2. The summed E-state index contributed by atoms with van der Waals surface area (Å²) in [5.41, 5.74) is 7.47. The molecule has 0 saturated heterocycles. The van der Waals surface area contributed by atoms with E-state index in [1.807, 2.05) is 16.7 Å². The first-order valence-electron chi connectivity index (χ1n) is 7.28. The number of aromatic nitrogens is 4. The fourth-order valence-corrected chi connectivity index (χ4v) is 2.83. The van der Waals surface area contributed by atoms with Gasteiger partial charge in [0.1, 0.15) is 0 Å². The van der Waals surface area contributed by atoms with Gasteiger partial charge in [0.15, 0.2) is 11.2 Å². The first-order valence-corrected chi connectivity index (χ1v) is 7.28. The Morgan fingerprint density at radius 1 is 1.13 bits per heavy atom. The van der Waals surface area contributed by atoms with Crippen molar-refractivity contribution in [3.8, 4) is 0 Å². The van der Waals surface area contributed by atoms with Crippen LogP contribution < -0.4 is 11.3 Å². The average molecular weight is 305 g/mol. The monoisotopic (exact) mass is 305 g/mol. The molecule has 4 aromatic rings. The van der Waals surface area contributed by atoms with Crippen LogP contribution in [0.1, 0.15) is 5.56 Å². The largest absolute Gasteiger partial charge is 0.369 e. The molecule has 0 radical (unpaired) electrons. The van der Waals surface area contributed by atoms with Crippen LogP contribution in [-0.4, -0.2) is 19.1 Å². The van der Waals surface area contributed by atoms with Gasteiger partial charge in [0.05, 0.1) is 6.33 Å². The number of nitrogens with zero attached hydrogens (tertiary/aromatic N) is 4. The van der Waals surface area contributed by atoms with E-state index in [9.17, 15) is 4.79 Å². The second-order valence-corrected chi connectivity index (χ2v) is 5.56. The van der Waals surface area contributed by atoms with Gasteiger partial charge in [-0.25, -0.2) is 4.98 Å². The molecule has 0 aliphatic rings.